The number of amides is 1. The summed E-state index contributed by atoms with van der Waals surface area (Å²) in [5.74, 6) is -0.176. The Hall–Kier alpha value is -3.50. The second-order valence-electron chi connectivity index (χ2n) is 6.12. The smallest absolute Gasteiger partial charge is 0.260 e. The molecule has 0 aliphatic rings. The molecule has 2 heterocycles. The Morgan fingerprint density at radius 2 is 2.07 bits per heavy atom. The number of hydrogen-bond acceptors (Lipinski definition) is 5. The van der Waals surface area contributed by atoms with Gasteiger partial charge < -0.3 is 4.98 Å². The highest BCUT2D eigenvalue weighted by Gasteiger charge is 2.22. The van der Waals surface area contributed by atoms with Gasteiger partial charge in [-0.1, -0.05) is 17.4 Å². The molecule has 0 aliphatic carbocycles. The lowest BCUT2D eigenvalue weighted by Gasteiger charge is -2.19. The molecule has 1 amide bonds. The lowest BCUT2D eigenvalue weighted by molar-refractivity contribution is 0.0985. The SMILES string of the molecule is Cc1ccc2nc(N(Cc3cnc[nH]3)C(=O)c3ccc(C#N)cc3)sc2c1. The van der Waals surface area contributed by atoms with Crippen molar-refractivity contribution in [2.24, 2.45) is 0 Å². The fourth-order valence-corrected chi connectivity index (χ4v) is 3.81. The molecule has 0 saturated carbocycles. The average Bonchev–Trinajstić information content (AvgIpc) is 3.34. The lowest BCUT2D eigenvalue weighted by atomic mass is 10.1. The van der Waals surface area contributed by atoms with Crippen LogP contribution >= 0.6 is 11.3 Å². The zero-order valence-corrected chi connectivity index (χ0v) is 15.3. The number of thiazole rings is 1. The summed E-state index contributed by atoms with van der Waals surface area (Å²) in [7, 11) is 0. The standard InChI is InChI=1S/C20H15N5OS/c1-13-2-7-17-18(8-13)27-20(24-17)25(11-16-10-22-12-23-16)19(26)15-5-3-14(9-21)4-6-15/h2-8,10,12H,11H2,1H3,(H,22,23). The number of hydrogen-bond donors (Lipinski definition) is 1. The van der Waals surface area contributed by atoms with Crippen molar-refractivity contribution in [2.45, 2.75) is 13.5 Å². The molecule has 4 aromatic rings. The first-order chi connectivity index (χ1) is 13.1. The van der Waals surface area contributed by atoms with Crippen LogP contribution in [0.3, 0.4) is 0 Å². The molecule has 0 radical (unpaired) electrons. The molecule has 0 aliphatic heterocycles. The number of H-pyrrole nitrogens is 1. The molecule has 27 heavy (non-hydrogen) atoms. The Bertz CT molecular complexity index is 1140. The number of fused-ring (bicyclic) bond motifs is 1. The second-order valence-corrected chi connectivity index (χ2v) is 7.13. The summed E-state index contributed by atoms with van der Waals surface area (Å²) in [4.78, 5) is 26.5. The number of nitrogens with zero attached hydrogens (tertiary/aromatic N) is 4. The van der Waals surface area contributed by atoms with E-state index in [0.29, 0.717) is 22.8 Å². The quantitative estimate of drug-likeness (QED) is 0.585. The maximum atomic E-state index is 13.2. The minimum atomic E-state index is -0.176. The van der Waals surface area contributed by atoms with Gasteiger partial charge in [-0.05, 0) is 48.9 Å². The van der Waals surface area contributed by atoms with Gasteiger partial charge in [-0.15, -0.1) is 0 Å². The molecular weight excluding hydrogens is 358 g/mol. The van der Waals surface area contributed by atoms with Crippen LogP contribution in [0.1, 0.15) is 27.2 Å². The summed E-state index contributed by atoms with van der Waals surface area (Å²) in [6.07, 6.45) is 3.28. The van der Waals surface area contributed by atoms with Gasteiger partial charge in [0.1, 0.15) is 0 Å². The van der Waals surface area contributed by atoms with Gasteiger partial charge in [0.25, 0.3) is 5.91 Å². The summed E-state index contributed by atoms with van der Waals surface area (Å²) in [6, 6.07) is 14.7. The molecule has 0 fully saturated rings. The zero-order chi connectivity index (χ0) is 18.8. The fourth-order valence-electron chi connectivity index (χ4n) is 2.75. The molecule has 4 rings (SSSR count). The van der Waals surface area contributed by atoms with Crippen LogP contribution < -0.4 is 4.90 Å². The first-order valence-electron chi connectivity index (χ1n) is 8.30. The van der Waals surface area contributed by atoms with Gasteiger partial charge in [-0.2, -0.15) is 5.26 Å². The number of carbonyl (C=O) groups excluding carboxylic acids is 1. The van der Waals surface area contributed by atoms with Crippen molar-refractivity contribution in [3.05, 3.63) is 77.4 Å². The first-order valence-corrected chi connectivity index (χ1v) is 9.12. The van der Waals surface area contributed by atoms with Crippen LogP contribution in [0.5, 0.6) is 0 Å². The third-order valence-corrected chi connectivity index (χ3v) is 5.19. The topological polar surface area (TPSA) is 85.7 Å². The molecule has 6 nitrogen and oxygen atoms in total. The van der Waals surface area contributed by atoms with Gasteiger partial charge in [-0.25, -0.2) is 9.97 Å². The van der Waals surface area contributed by atoms with E-state index in [0.717, 1.165) is 21.5 Å². The van der Waals surface area contributed by atoms with Gasteiger partial charge in [0.05, 0.1) is 40.4 Å². The van der Waals surface area contributed by atoms with Crippen molar-refractivity contribution < 1.29 is 4.79 Å². The van der Waals surface area contributed by atoms with Crippen LogP contribution in [-0.2, 0) is 6.54 Å². The minimum absolute atomic E-state index is 0.176. The fraction of sp³-hybridized carbons (Fsp3) is 0.100. The van der Waals surface area contributed by atoms with Crippen molar-refractivity contribution in [1.82, 2.24) is 15.0 Å². The van der Waals surface area contributed by atoms with Gasteiger partial charge in [0, 0.05) is 11.8 Å². The number of aromatic nitrogens is 3. The van der Waals surface area contributed by atoms with E-state index in [2.05, 4.69) is 27.1 Å². The van der Waals surface area contributed by atoms with Gasteiger partial charge in [0.15, 0.2) is 5.13 Å². The van der Waals surface area contributed by atoms with Crippen LogP contribution in [0, 0.1) is 18.3 Å². The number of rotatable bonds is 4. The Balaban J connectivity index is 1.75. The van der Waals surface area contributed by atoms with Gasteiger partial charge in [-0.3, -0.25) is 9.69 Å². The number of carbonyl (C=O) groups is 1. The van der Waals surface area contributed by atoms with Crippen molar-refractivity contribution >= 4 is 32.6 Å². The molecule has 0 saturated heterocycles. The maximum Gasteiger partial charge on any atom is 0.260 e. The summed E-state index contributed by atoms with van der Waals surface area (Å²) >= 11 is 1.48. The molecule has 0 spiro atoms. The van der Waals surface area contributed by atoms with E-state index in [1.807, 2.05) is 19.1 Å². The Morgan fingerprint density at radius 3 is 2.78 bits per heavy atom. The third-order valence-electron chi connectivity index (χ3n) is 4.15. The summed E-state index contributed by atoms with van der Waals surface area (Å²) < 4.78 is 1.03. The molecular formula is C20H15N5OS. The predicted molar refractivity (Wildman–Crippen MR) is 105 cm³/mol. The number of aryl methyl sites for hydroxylation is 1. The molecule has 0 unspecified atom stereocenters. The van der Waals surface area contributed by atoms with Crippen LogP contribution in [-0.4, -0.2) is 20.9 Å². The number of nitriles is 1. The van der Waals surface area contributed by atoms with Crippen LogP contribution in [0.2, 0.25) is 0 Å². The van der Waals surface area contributed by atoms with Crippen molar-refractivity contribution in [2.75, 3.05) is 4.90 Å². The normalized spacial score (nSPS) is 10.7. The second kappa shape index (κ2) is 7.02. The Kier molecular flexibility index (Phi) is 4.40. The molecule has 0 bridgehead atoms. The van der Waals surface area contributed by atoms with E-state index >= 15 is 0 Å². The number of nitrogens with one attached hydrogen (secondary N) is 1. The van der Waals surface area contributed by atoms with Crippen molar-refractivity contribution in [1.29, 1.82) is 5.26 Å². The monoisotopic (exact) mass is 373 g/mol. The maximum absolute atomic E-state index is 13.2. The minimum Gasteiger partial charge on any atom is -0.347 e. The number of aromatic amines is 1. The molecule has 132 valence electrons. The van der Waals surface area contributed by atoms with E-state index in [4.69, 9.17) is 5.26 Å². The third kappa shape index (κ3) is 3.43. The zero-order valence-electron chi connectivity index (χ0n) is 14.5. The Labute approximate surface area is 159 Å². The van der Waals surface area contributed by atoms with Crippen LogP contribution in [0.25, 0.3) is 10.2 Å². The van der Waals surface area contributed by atoms with Crippen LogP contribution in [0.4, 0.5) is 5.13 Å². The van der Waals surface area contributed by atoms with E-state index < -0.39 is 0 Å². The van der Waals surface area contributed by atoms with E-state index in [1.165, 1.54) is 11.3 Å². The number of imidazole rings is 1. The van der Waals surface area contributed by atoms with Gasteiger partial charge in [0.2, 0.25) is 0 Å². The average molecular weight is 373 g/mol. The molecule has 0 atom stereocenters. The Morgan fingerprint density at radius 1 is 1.26 bits per heavy atom. The molecule has 1 N–H and O–H groups in total. The van der Waals surface area contributed by atoms with E-state index in [1.54, 1.807) is 41.7 Å². The highest BCUT2D eigenvalue weighted by atomic mass is 32.1. The molecule has 2 aromatic heterocycles. The van der Waals surface area contributed by atoms with Crippen molar-refractivity contribution in [3.8, 4) is 6.07 Å². The summed E-state index contributed by atoms with van der Waals surface area (Å²) in [5.41, 5.74) is 3.84. The first kappa shape index (κ1) is 16.9. The largest absolute Gasteiger partial charge is 0.347 e. The highest BCUT2D eigenvalue weighted by Crippen LogP contribution is 2.31. The van der Waals surface area contributed by atoms with E-state index in [-0.39, 0.29) is 5.91 Å². The van der Waals surface area contributed by atoms with E-state index in [9.17, 15) is 4.79 Å². The predicted octanol–water partition coefficient (Wildman–Crippen LogP) is 4.05. The number of anilines is 1. The number of benzene rings is 2. The summed E-state index contributed by atoms with van der Waals surface area (Å²) in [5, 5.41) is 9.59. The highest BCUT2D eigenvalue weighted by molar-refractivity contribution is 7.22. The van der Waals surface area contributed by atoms with Crippen molar-refractivity contribution in [3.63, 3.8) is 0 Å². The van der Waals surface area contributed by atoms with Crippen LogP contribution in [0.15, 0.2) is 55.0 Å². The summed E-state index contributed by atoms with van der Waals surface area (Å²) in [6.45, 7) is 2.36. The lowest BCUT2D eigenvalue weighted by Crippen LogP contribution is -2.30. The molecule has 2 aromatic carbocycles. The molecule has 7 heteroatoms. The van der Waals surface area contributed by atoms with Gasteiger partial charge >= 0.3 is 0 Å².